The molecule has 0 amide bonds. The second-order valence-corrected chi connectivity index (χ2v) is 7.94. The molecule has 2 bridgehead atoms. The topological polar surface area (TPSA) is 29.5 Å². The van der Waals surface area contributed by atoms with E-state index in [9.17, 15) is 4.79 Å². The Morgan fingerprint density at radius 2 is 1.83 bits per heavy atom. The third kappa shape index (κ3) is 2.99. The summed E-state index contributed by atoms with van der Waals surface area (Å²) in [5, 5.41) is 0. The molecule has 0 radical (unpaired) electrons. The summed E-state index contributed by atoms with van der Waals surface area (Å²) in [7, 11) is 2.20. The number of fused-ring (bicyclic) bond motifs is 2. The lowest BCUT2D eigenvalue weighted by Gasteiger charge is -2.33. The number of carbonyl (C=O) groups is 1. The van der Waals surface area contributed by atoms with Crippen LogP contribution in [0.2, 0.25) is 0 Å². The first-order valence-corrected chi connectivity index (χ1v) is 9.71. The first kappa shape index (κ1) is 16.1. The van der Waals surface area contributed by atoms with E-state index in [-0.39, 0.29) is 18.0 Å². The Hall–Kier alpha value is -1.35. The molecule has 24 heavy (non-hydrogen) atoms. The Bertz CT molecular complexity index is 572. The van der Waals surface area contributed by atoms with E-state index in [1.54, 1.807) is 0 Å². The van der Waals surface area contributed by atoms with Crippen LogP contribution in [0.15, 0.2) is 30.3 Å². The van der Waals surface area contributed by atoms with Crippen LogP contribution in [0, 0.1) is 5.92 Å². The summed E-state index contributed by atoms with van der Waals surface area (Å²) < 4.78 is 6.11. The second kappa shape index (κ2) is 6.87. The predicted octanol–water partition coefficient (Wildman–Crippen LogP) is 4.13. The molecule has 3 nitrogen and oxygen atoms in total. The highest BCUT2D eigenvalue weighted by Gasteiger charge is 2.44. The van der Waals surface area contributed by atoms with Gasteiger partial charge in [0, 0.05) is 18.5 Å². The van der Waals surface area contributed by atoms with Crippen molar-refractivity contribution in [2.24, 2.45) is 5.92 Å². The van der Waals surface area contributed by atoms with Crippen molar-refractivity contribution < 1.29 is 9.53 Å². The largest absolute Gasteiger partial charge is 0.460 e. The van der Waals surface area contributed by atoms with Crippen LogP contribution < -0.4 is 0 Å². The lowest BCUT2D eigenvalue weighted by atomic mass is 9.75. The monoisotopic (exact) mass is 327 g/mol. The number of likely N-dealkylation sites (N-methyl/N-ethyl adjacent to an activating group) is 1. The van der Waals surface area contributed by atoms with Crippen molar-refractivity contribution in [3.63, 3.8) is 0 Å². The van der Waals surface area contributed by atoms with Gasteiger partial charge in [-0.1, -0.05) is 49.6 Å². The van der Waals surface area contributed by atoms with Crippen molar-refractivity contribution in [2.45, 2.75) is 75.5 Å². The summed E-state index contributed by atoms with van der Waals surface area (Å²) >= 11 is 0. The predicted molar refractivity (Wildman–Crippen MR) is 94.8 cm³/mol. The number of ether oxygens (including phenoxy) is 1. The molecule has 3 aliphatic rings. The highest BCUT2D eigenvalue weighted by atomic mass is 16.5. The van der Waals surface area contributed by atoms with E-state index >= 15 is 0 Å². The number of hydrogen-bond donors (Lipinski definition) is 0. The van der Waals surface area contributed by atoms with Crippen LogP contribution in [0.5, 0.6) is 0 Å². The minimum absolute atomic E-state index is 0.0481. The molecule has 1 aromatic rings. The highest BCUT2D eigenvalue weighted by Crippen LogP contribution is 2.41. The van der Waals surface area contributed by atoms with E-state index in [1.807, 2.05) is 6.07 Å². The van der Waals surface area contributed by atoms with E-state index in [2.05, 4.69) is 36.2 Å². The fraction of sp³-hybridized carbons (Fsp3) is 0.667. The number of piperidine rings is 1. The molecule has 2 unspecified atom stereocenters. The number of carbonyl (C=O) groups excluding carboxylic acids is 1. The number of rotatable bonds is 3. The average molecular weight is 327 g/mol. The van der Waals surface area contributed by atoms with E-state index in [0.29, 0.717) is 18.0 Å². The molecule has 4 rings (SSSR count). The van der Waals surface area contributed by atoms with Gasteiger partial charge in [-0.15, -0.1) is 0 Å². The molecule has 3 heteroatoms. The Morgan fingerprint density at radius 3 is 2.62 bits per heavy atom. The molecule has 1 aliphatic carbocycles. The lowest BCUT2D eigenvalue weighted by molar-refractivity contribution is -0.157. The maximum Gasteiger partial charge on any atom is 0.309 e. The number of nitrogens with zero attached hydrogens (tertiary/aromatic N) is 1. The third-order valence-electron chi connectivity index (χ3n) is 6.63. The summed E-state index contributed by atoms with van der Waals surface area (Å²) in [5.41, 5.74) is 1.31. The van der Waals surface area contributed by atoms with Gasteiger partial charge in [0.15, 0.2) is 0 Å². The zero-order valence-corrected chi connectivity index (χ0v) is 14.7. The molecule has 3 fully saturated rings. The van der Waals surface area contributed by atoms with Gasteiger partial charge in [-0.25, -0.2) is 0 Å². The van der Waals surface area contributed by atoms with Crippen LogP contribution in [0.1, 0.15) is 62.8 Å². The van der Waals surface area contributed by atoms with Crippen molar-refractivity contribution in [3.8, 4) is 0 Å². The zero-order valence-electron chi connectivity index (χ0n) is 14.7. The van der Waals surface area contributed by atoms with Crippen molar-refractivity contribution in [1.29, 1.82) is 0 Å². The smallest absolute Gasteiger partial charge is 0.309 e. The van der Waals surface area contributed by atoms with Crippen LogP contribution in [-0.4, -0.2) is 36.1 Å². The van der Waals surface area contributed by atoms with Crippen LogP contribution in [0.3, 0.4) is 0 Å². The third-order valence-corrected chi connectivity index (χ3v) is 6.63. The van der Waals surface area contributed by atoms with Crippen LogP contribution >= 0.6 is 0 Å². The molecule has 2 saturated heterocycles. The molecule has 0 N–H and O–H groups in total. The maximum atomic E-state index is 13.0. The SMILES string of the molecule is CN1[C@H]2CCC[C@@H]1[C@H](OC(=O)C1CCCCC1c1ccccc1)C2. The minimum atomic E-state index is 0.0481. The highest BCUT2D eigenvalue weighted by molar-refractivity contribution is 5.74. The Labute approximate surface area is 145 Å². The van der Waals surface area contributed by atoms with Crippen molar-refractivity contribution in [1.82, 2.24) is 4.90 Å². The van der Waals surface area contributed by atoms with Gasteiger partial charge in [-0.3, -0.25) is 9.69 Å². The molecule has 0 aromatic heterocycles. The Kier molecular flexibility index (Phi) is 4.62. The standard InChI is InChI=1S/C21H29NO2/c1-22-16-10-7-13-19(22)20(14-16)24-21(23)18-12-6-5-11-17(18)15-8-3-2-4-9-15/h2-4,8-9,16-20H,5-7,10-14H2,1H3/t16-,17?,18?,19+,20+/m0/s1. The zero-order chi connectivity index (χ0) is 16.5. The minimum Gasteiger partial charge on any atom is -0.460 e. The van der Waals surface area contributed by atoms with Gasteiger partial charge >= 0.3 is 5.97 Å². The number of hydrogen-bond acceptors (Lipinski definition) is 3. The molecule has 5 atom stereocenters. The van der Waals surface area contributed by atoms with Crippen LogP contribution in [-0.2, 0) is 9.53 Å². The molecule has 0 spiro atoms. The van der Waals surface area contributed by atoms with E-state index < -0.39 is 0 Å². The summed E-state index contributed by atoms with van der Waals surface area (Å²) in [5.74, 6) is 0.451. The van der Waals surface area contributed by atoms with Crippen LogP contribution in [0.25, 0.3) is 0 Å². The summed E-state index contributed by atoms with van der Waals surface area (Å²) in [6.45, 7) is 0. The van der Waals surface area contributed by atoms with Gasteiger partial charge in [0.05, 0.1) is 5.92 Å². The van der Waals surface area contributed by atoms with Crippen molar-refractivity contribution >= 4 is 5.97 Å². The average Bonchev–Trinajstić information content (AvgIpc) is 2.80. The van der Waals surface area contributed by atoms with E-state index in [0.717, 1.165) is 25.7 Å². The number of esters is 1. The van der Waals surface area contributed by atoms with Gasteiger partial charge in [0.1, 0.15) is 6.10 Å². The summed E-state index contributed by atoms with van der Waals surface area (Å²) in [4.78, 5) is 15.4. The summed E-state index contributed by atoms with van der Waals surface area (Å²) in [6, 6.07) is 11.6. The molecular weight excluding hydrogens is 298 g/mol. The van der Waals surface area contributed by atoms with Gasteiger partial charge in [0.25, 0.3) is 0 Å². The van der Waals surface area contributed by atoms with Gasteiger partial charge in [-0.05, 0) is 44.2 Å². The maximum absolute atomic E-state index is 13.0. The van der Waals surface area contributed by atoms with Crippen LogP contribution in [0.4, 0.5) is 0 Å². The van der Waals surface area contributed by atoms with Gasteiger partial charge < -0.3 is 4.74 Å². The molecule has 2 aliphatic heterocycles. The molecule has 1 aromatic carbocycles. The quantitative estimate of drug-likeness (QED) is 0.782. The fourth-order valence-electron chi connectivity index (χ4n) is 5.27. The van der Waals surface area contributed by atoms with Crippen molar-refractivity contribution in [3.05, 3.63) is 35.9 Å². The van der Waals surface area contributed by atoms with Gasteiger partial charge in [0.2, 0.25) is 0 Å². The van der Waals surface area contributed by atoms with Gasteiger partial charge in [-0.2, -0.15) is 0 Å². The second-order valence-electron chi connectivity index (χ2n) is 7.94. The van der Waals surface area contributed by atoms with E-state index in [4.69, 9.17) is 4.74 Å². The molecular formula is C21H29NO2. The normalized spacial score (nSPS) is 36.5. The molecule has 1 saturated carbocycles. The first-order valence-electron chi connectivity index (χ1n) is 9.71. The first-order chi connectivity index (χ1) is 11.7. The Morgan fingerprint density at radius 1 is 1.04 bits per heavy atom. The van der Waals surface area contributed by atoms with E-state index in [1.165, 1.54) is 31.2 Å². The number of benzene rings is 1. The molecule has 130 valence electrons. The summed E-state index contributed by atoms with van der Waals surface area (Å²) in [6.07, 6.45) is 9.34. The lowest BCUT2D eigenvalue weighted by Crippen LogP contribution is -2.41. The molecule has 2 heterocycles. The van der Waals surface area contributed by atoms with Crippen molar-refractivity contribution in [2.75, 3.05) is 7.05 Å². The Balaban J connectivity index is 1.46. The fourth-order valence-corrected chi connectivity index (χ4v) is 5.27.